The van der Waals surface area contributed by atoms with Gasteiger partial charge in [-0.2, -0.15) is 0 Å². The monoisotopic (exact) mass is 441 g/mol. The SMILES string of the molecule is CCOC(=O)COc1c(Cl)cc(/C=C2\SC(=O)N([C@H](C)CC)C2=O)cc1OCC. The lowest BCUT2D eigenvalue weighted by molar-refractivity contribution is -0.145. The molecule has 1 heterocycles. The fourth-order valence-corrected chi connectivity index (χ4v) is 3.81. The van der Waals surface area contributed by atoms with Crippen molar-refractivity contribution in [2.75, 3.05) is 19.8 Å². The van der Waals surface area contributed by atoms with Crippen LogP contribution in [0.2, 0.25) is 5.02 Å². The van der Waals surface area contributed by atoms with Gasteiger partial charge in [-0.05, 0) is 62.7 Å². The minimum atomic E-state index is -0.520. The molecule has 7 nitrogen and oxygen atoms in total. The molecule has 2 rings (SSSR count). The fraction of sp³-hybridized carbons (Fsp3) is 0.450. The first-order valence-electron chi connectivity index (χ1n) is 9.34. The molecule has 1 saturated heterocycles. The Morgan fingerprint density at radius 3 is 2.55 bits per heavy atom. The number of rotatable bonds is 9. The van der Waals surface area contributed by atoms with Crippen LogP contribution in [0.15, 0.2) is 17.0 Å². The van der Waals surface area contributed by atoms with Crippen LogP contribution in [0.1, 0.15) is 39.7 Å². The highest BCUT2D eigenvalue weighted by molar-refractivity contribution is 8.18. The zero-order valence-corrected chi connectivity index (χ0v) is 18.4. The minimum absolute atomic E-state index is 0.172. The van der Waals surface area contributed by atoms with E-state index in [-0.39, 0.29) is 41.2 Å². The summed E-state index contributed by atoms with van der Waals surface area (Å²) in [6.45, 7) is 7.54. The van der Waals surface area contributed by atoms with Gasteiger partial charge in [-0.3, -0.25) is 14.5 Å². The molecule has 0 unspecified atom stereocenters. The number of hydrogen-bond donors (Lipinski definition) is 0. The lowest BCUT2D eigenvalue weighted by Crippen LogP contribution is -2.36. The van der Waals surface area contributed by atoms with Gasteiger partial charge in [-0.15, -0.1) is 0 Å². The van der Waals surface area contributed by atoms with Crippen molar-refractivity contribution in [1.29, 1.82) is 0 Å². The predicted molar refractivity (Wildman–Crippen MR) is 112 cm³/mol. The van der Waals surface area contributed by atoms with Gasteiger partial charge in [0.2, 0.25) is 0 Å². The Morgan fingerprint density at radius 1 is 1.21 bits per heavy atom. The van der Waals surface area contributed by atoms with E-state index in [1.165, 1.54) is 4.90 Å². The quantitative estimate of drug-likeness (QED) is 0.411. The van der Waals surface area contributed by atoms with Gasteiger partial charge in [0, 0.05) is 6.04 Å². The summed E-state index contributed by atoms with van der Waals surface area (Å²) in [5, 5.41) is -0.0752. The molecule has 9 heteroatoms. The highest BCUT2D eigenvalue weighted by atomic mass is 35.5. The van der Waals surface area contributed by atoms with Crippen molar-refractivity contribution in [3.05, 3.63) is 27.6 Å². The molecule has 0 aromatic heterocycles. The molecule has 1 atom stereocenters. The molecule has 0 N–H and O–H groups in total. The molecule has 158 valence electrons. The summed E-state index contributed by atoms with van der Waals surface area (Å²) in [7, 11) is 0. The molecular formula is C20H24ClNO6S. The van der Waals surface area contributed by atoms with Crippen LogP contribution in [0.3, 0.4) is 0 Å². The molecular weight excluding hydrogens is 418 g/mol. The Morgan fingerprint density at radius 2 is 1.93 bits per heavy atom. The number of thioether (sulfide) groups is 1. The largest absolute Gasteiger partial charge is 0.490 e. The Hall–Kier alpha value is -2.19. The average Bonchev–Trinajstić information content (AvgIpc) is 2.94. The van der Waals surface area contributed by atoms with E-state index >= 15 is 0 Å². The van der Waals surface area contributed by atoms with Crippen LogP contribution in [0.5, 0.6) is 11.5 Å². The number of nitrogens with zero attached hydrogens (tertiary/aromatic N) is 1. The van der Waals surface area contributed by atoms with Crippen LogP contribution in [-0.2, 0) is 14.3 Å². The second-order valence-electron chi connectivity index (χ2n) is 6.17. The van der Waals surface area contributed by atoms with Crippen LogP contribution in [-0.4, -0.2) is 47.9 Å². The molecule has 1 fully saturated rings. The topological polar surface area (TPSA) is 82.1 Å². The number of carbonyl (C=O) groups is 3. The lowest BCUT2D eigenvalue weighted by atomic mass is 10.1. The zero-order chi connectivity index (χ0) is 21.6. The van der Waals surface area contributed by atoms with Gasteiger partial charge < -0.3 is 14.2 Å². The normalized spacial score (nSPS) is 16.3. The fourth-order valence-electron chi connectivity index (χ4n) is 2.60. The third-order valence-corrected chi connectivity index (χ3v) is 5.29. The van der Waals surface area contributed by atoms with Crippen LogP contribution in [0.4, 0.5) is 4.79 Å². The van der Waals surface area contributed by atoms with Crippen LogP contribution < -0.4 is 9.47 Å². The van der Waals surface area contributed by atoms with E-state index in [9.17, 15) is 14.4 Å². The van der Waals surface area contributed by atoms with Crippen molar-refractivity contribution in [2.45, 2.75) is 40.2 Å². The third kappa shape index (κ3) is 5.67. The van der Waals surface area contributed by atoms with E-state index in [0.29, 0.717) is 29.2 Å². The number of esters is 1. The molecule has 0 bridgehead atoms. The van der Waals surface area contributed by atoms with Gasteiger partial charge in [0.05, 0.1) is 23.1 Å². The van der Waals surface area contributed by atoms with Crippen molar-refractivity contribution in [3.8, 4) is 11.5 Å². The van der Waals surface area contributed by atoms with Gasteiger partial charge in [0.15, 0.2) is 18.1 Å². The van der Waals surface area contributed by atoms with Crippen molar-refractivity contribution in [1.82, 2.24) is 4.90 Å². The number of ether oxygens (including phenoxy) is 3. The van der Waals surface area contributed by atoms with Crippen molar-refractivity contribution < 1.29 is 28.6 Å². The summed E-state index contributed by atoms with van der Waals surface area (Å²) < 4.78 is 15.9. The first-order valence-corrected chi connectivity index (χ1v) is 10.5. The van der Waals surface area contributed by atoms with Gasteiger partial charge in [-0.25, -0.2) is 4.79 Å². The second kappa shape index (κ2) is 10.5. The maximum Gasteiger partial charge on any atom is 0.344 e. The van der Waals surface area contributed by atoms with Crippen LogP contribution in [0.25, 0.3) is 6.08 Å². The van der Waals surface area contributed by atoms with E-state index in [0.717, 1.165) is 11.8 Å². The molecule has 0 saturated carbocycles. The van der Waals surface area contributed by atoms with Gasteiger partial charge in [0.1, 0.15) is 0 Å². The van der Waals surface area contributed by atoms with Gasteiger partial charge >= 0.3 is 5.97 Å². The zero-order valence-electron chi connectivity index (χ0n) is 16.8. The summed E-state index contributed by atoms with van der Waals surface area (Å²) in [6.07, 6.45) is 2.27. The van der Waals surface area contributed by atoms with Gasteiger partial charge in [0.25, 0.3) is 11.1 Å². The molecule has 1 aliphatic heterocycles. The summed E-state index contributed by atoms with van der Waals surface area (Å²) in [5.74, 6) is -0.303. The highest BCUT2D eigenvalue weighted by Crippen LogP contribution is 2.39. The maximum absolute atomic E-state index is 12.6. The number of imide groups is 1. The molecule has 2 amide bonds. The number of amides is 2. The Bertz CT molecular complexity index is 825. The maximum atomic E-state index is 12.6. The minimum Gasteiger partial charge on any atom is -0.490 e. The van der Waals surface area contributed by atoms with E-state index in [1.54, 1.807) is 32.1 Å². The van der Waals surface area contributed by atoms with Crippen LogP contribution in [0, 0.1) is 0 Å². The van der Waals surface area contributed by atoms with E-state index in [1.807, 2.05) is 13.8 Å². The third-order valence-electron chi connectivity index (χ3n) is 4.12. The van der Waals surface area contributed by atoms with E-state index < -0.39 is 5.97 Å². The molecule has 0 aliphatic carbocycles. The summed E-state index contributed by atoms with van der Waals surface area (Å²) >= 11 is 7.22. The second-order valence-corrected chi connectivity index (χ2v) is 7.57. The number of hydrogen-bond acceptors (Lipinski definition) is 7. The van der Waals surface area contributed by atoms with E-state index in [4.69, 9.17) is 25.8 Å². The predicted octanol–water partition coefficient (Wildman–Crippen LogP) is 4.52. The van der Waals surface area contributed by atoms with Crippen LogP contribution >= 0.6 is 23.4 Å². The molecule has 1 aromatic carbocycles. The number of halogens is 1. The Balaban J connectivity index is 2.30. The molecule has 1 aromatic rings. The summed E-state index contributed by atoms with van der Waals surface area (Å²) in [6, 6.07) is 3.06. The van der Waals surface area contributed by atoms with Crippen molar-refractivity contribution >= 4 is 46.6 Å². The Labute approximate surface area is 179 Å². The van der Waals surface area contributed by atoms with E-state index in [2.05, 4.69) is 0 Å². The smallest absolute Gasteiger partial charge is 0.344 e. The molecule has 0 radical (unpaired) electrons. The summed E-state index contributed by atoms with van der Waals surface area (Å²) in [5.41, 5.74) is 0.580. The average molecular weight is 442 g/mol. The first kappa shape index (κ1) is 23.1. The Kier molecular flexibility index (Phi) is 8.40. The van der Waals surface area contributed by atoms with Crippen molar-refractivity contribution in [3.63, 3.8) is 0 Å². The lowest BCUT2D eigenvalue weighted by Gasteiger charge is -2.19. The molecule has 29 heavy (non-hydrogen) atoms. The molecule has 0 spiro atoms. The highest BCUT2D eigenvalue weighted by Gasteiger charge is 2.37. The van der Waals surface area contributed by atoms with Crippen molar-refractivity contribution in [2.24, 2.45) is 0 Å². The van der Waals surface area contributed by atoms with Gasteiger partial charge in [-0.1, -0.05) is 18.5 Å². The molecule has 1 aliphatic rings. The first-order chi connectivity index (χ1) is 13.8. The number of benzene rings is 1. The number of carbonyl (C=O) groups excluding carboxylic acids is 3. The standard InChI is InChI=1S/C20H24ClNO6S/c1-5-12(4)22-19(24)16(29-20(22)25)10-13-8-14(21)18(15(9-13)26-6-2)28-11-17(23)27-7-3/h8-10,12H,5-7,11H2,1-4H3/b16-10-/t12-/m1/s1. The summed E-state index contributed by atoms with van der Waals surface area (Å²) in [4.78, 5) is 37.9.